The molecule has 2 heterocycles. The van der Waals surface area contributed by atoms with E-state index in [0.717, 1.165) is 16.9 Å². The van der Waals surface area contributed by atoms with Gasteiger partial charge in [-0.05, 0) is 55.8 Å². The van der Waals surface area contributed by atoms with E-state index in [2.05, 4.69) is 15.5 Å². The van der Waals surface area contributed by atoms with Crippen LogP contribution in [0.3, 0.4) is 0 Å². The van der Waals surface area contributed by atoms with Gasteiger partial charge in [-0.2, -0.15) is 9.41 Å². The number of anilines is 1. The lowest BCUT2D eigenvalue weighted by molar-refractivity contribution is -0.0440. The number of rotatable bonds is 7. The van der Waals surface area contributed by atoms with Crippen molar-refractivity contribution in [3.63, 3.8) is 0 Å². The number of methoxy groups -OCH3 is 1. The molecule has 0 amide bonds. The number of hydrogen-bond donors (Lipinski definition) is 1. The summed E-state index contributed by atoms with van der Waals surface area (Å²) in [5, 5.41) is 6.71. The lowest BCUT2D eigenvalue weighted by Gasteiger charge is -2.34. The predicted octanol–water partition coefficient (Wildman–Crippen LogP) is 4.06. The van der Waals surface area contributed by atoms with Crippen LogP contribution in [0.25, 0.3) is 11.3 Å². The number of nitrogens with zero attached hydrogens (tertiary/aromatic N) is 3. The van der Waals surface area contributed by atoms with Gasteiger partial charge in [0.25, 0.3) is 0 Å². The third-order valence-electron chi connectivity index (χ3n) is 5.15. The lowest BCUT2D eigenvalue weighted by Crippen LogP contribution is -2.48. The molecule has 1 fully saturated rings. The van der Waals surface area contributed by atoms with Gasteiger partial charge in [-0.15, -0.1) is 11.3 Å². The number of thiazole rings is 1. The Kier molecular flexibility index (Phi) is 7.08. The van der Waals surface area contributed by atoms with Crippen LogP contribution in [0.2, 0.25) is 0 Å². The summed E-state index contributed by atoms with van der Waals surface area (Å²) in [4.78, 5) is 4.80. The standard InChI is InChI=1S/C23H26N4O4S2/c1-16-13-27(14-17(2)31-16)33(28,29)21-6-4-5-19(11-21)22-15-32-23(25-22)26-24-12-18-7-9-20(30-3)10-8-18/h4-12,15-17H,13-14H2,1-3H3,(H,25,26)/b24-12-/t16-,17-/m0/s1. The minimum atomic E-state index is -3.62. The van der Waals surface area contributed by atoms with E-state index in [0.29, 0.717) is 23.9 Å². The quantitative estimate of drug-likeness (QED) is 0.400. The second kappa shape index (κ2) is 10.0. The molecule has 33 heavy (non-hydrogen) atoms. The Labute approximate surface area is 197 Å². The van der Waals surface area contributed by atoms with Gasteiger partial charge in [-0.1, -0.05) is 12.1 Å². The van der Waals surface area contributed by atoms with E-state index < -0.39 is 10.0 Å². The summed E-state index contributed by atoms with van der Waals surface area (Å²) in [6.45, 7) is 4.45. The molecule has 0 aliphatic carbocycles. The number of hydrazone groups is 1. The fraction of sp³-hybridized carbons (Fsp3) is 0.304. The van der Waals surface area contributed by atoms with Gasteiger partial charge in [0, 0.05) is 24.0 Å². The second-order valence-electron chi connectivity index (χ2n) is 7.79. The van der Waals surface area contributed by atoms with Crippen molar-refractivity contribution in [3.05, 3.63) is 59.5 Å². The predicted molar refractivity (Wildman–Crippen MR) is 131 cm³/mol. The first-order chi connectivity index (χ1) is 15.8. The molecule has 1 aliphatic rings. The van der Waals surface area contributed by atoms with Crippen LogP contribution in [-0.4, -0.2) is 56.3 Å². The Hall–Kier alpha value is -2.79. The van der Waals surface area contributed by atoms with Crippen molar-refractivity contribution < 1.29 is 17.9 Å². The number of ether oxygens (including phenoxy) is 2. The minimum absolute atomic E-state index is 0.141. The van der Waals surface area contributed by atoms with E-state index in [1.54, 1.807) is 31.5 Å². The summed E-state index contributed by atoms with van der Waals surface area (Å²) in [6, 6.07) is 14.4. The molecule has 0 saturated carbocycles. The SMILES string of the molecule is COc1ccc(/C=N\Nc2nc(-c3cccc(S(=O)(=O)N4C[C@H](C)O[C@@H](C)C4)c3)cs2)cc1. The summed E-state index contributed by atoms with van der Waals surface area (Å²) in [5.41, 5.74) is 5.26. The van der Waals surface area contributed by atoms with Crippen molar-refractivity contribution in [1.82, 2.24) is 9.29 Å². The Balaban J connectivity index is 1.47. The molecule has 174 valence electrons. The summed E-state index contributed by atoms with van der Waals surface area (Å²) < 4.78 is 38.7. The Bertz CT molecular complexity index is 1220. The number of aromatic nitrogens is 1. The maximum atomic E-state index is 13.2. The van der Waals surface area contributed by atoms with Gasteiger partial charge in [0.05, 0.1) is 36.1 Å². The summed E-state index contributed by atoms with van der Waals surface area (Å²) in [6.07, 6.45) is 1.41. The molecule has 2 atom stereocenters. The van der Waals surface area contributed by atoms with Crippen LogP contribution >= 0.6 is 11.3 Å². The molecule has 0 spiro atoms. The maximum Gasteiger partial charge on any atom is 0.243 e. The number of hydrogen-bond acceptors (Lipinski definition) is 8. The Morgan fingerprint density at radius 2 is 1.91 bits per heavy atom. The molecule has 0 unspecified atom stereocenters. The Morgan fingerprint density at radius 3 is 2.61 bits per heavy atom. The zero-order valence-corrected chi connectivity index (χ0v) is 20.3. The van der Waals surface area contributed by atoms with Crippen LogP contribution in [-0.2, 0) is 14.8 Å². The van der Waals surface area contributed by atoms with Gasteiger partial charge in [-0.25, -0.2) is 13.4 Å². The molecule has 1 aromatic heterocycles. The van der Waals surface area contributed by atoms with Crippen molar-refractivity contribution in [1.29, 1.82) is 0 Å². The molecular formula is C23H26N4O4S2. The van der Waals surface area contributed by atoms with E-state index in [9.17, 15) is 8.42 Å². The number of nitrogens with one attached hydrogen (secondary N) is 1. The summed E-state index contributed by atoms with van der Waals surface area (Å²) in [5.74, 6) is 0.784. The normalized spacial score (nSPS) is 19.6. The van der Waals surface area contributed by atoms with Crippen LogP contribution in [0.5, 0.6) is 5.75 Å². The highest BCUT2D eigenvalue weighted by atomic mass is 32.2. The Morgan fingerprint density at radius 1 is 1.18 bits per heavy atom. The van der Waals surface area contributed by atoms with Crippen LogP contribution in [0.1, 0.15) is 19.4 Å². The fourth-order valence-corrected chi connectivity index (χ4v) is 5.91. The van der Waals surface area contributed by atoms with E-state index in [4.69, 9.17) is 9.47 Å². The average Bonchev–Trinajstić information content (AvgIpc) is 3.28. The minimum Gasteiger partial charge on any atom is -0.497 e. The molecule has 2 aromatic carbocycles. The van der Waals surface area contributed by atoms with Gasteiger partial charge < -0.3 is 9.47 Å². The second-order valence-corrected chi connectivity index (χ2v) is 10.6. The molecule has 3 aromatic rings. The largest absolute Gasteiger partial charge is 0.497 e. The van der Waals surface area contributed by atoms with Crippen LogP contribution in [0.4, 0.5) is 5.13 Å². The molecule has 1 N–H and O–H groups in total. The number of sulfonamides is 1. The van der Waals surface area contributed by atoms with Gasteiger partial charge in [0.2, 0.25) is 15.2 Å². The fourth-order valence-electron chi connectivity index (χ4n) is 3.60. The monoisotopic (exact) mass is 486 g/mol. The highest BCUT2D eigenvalue weighted by molar-refractivity contribution is 7.89. The van der Waals surface area contributed by atoms with Crippen molar-refractivity contribution in [2.45, 2.75) is 31.0 Å². The van der Waals surface area contributed by atoms with Crippen LogP contribution in [0, 0.1) is 0 Å². The van der Waals surface area contributed by atoms with Crippen LogP contribution in [0.15, 0.2) is 63.9 Å². The highest BCUT2D eigenvalue weighted by Crippen LogP contribution is 2.28. The highest BCUT2D eigenvalue weighted by Gasteiger charge is 2.32. The smallest absolute Gasteiger partial charge is 0.243 e. The third kappa shape index (κ3) is 5.59. The van der Waals surface area contributed by atoms with Gasteiger partial charge in [0.1, 0.15) is 5.75 Å². The van der Waals surface area contributed by atoms with Crippen molar-refractivity contribution in [2.24, 2.45) is 5.10 Å². The van der Waals surface area contributed by atoms with Crippen molar-refractivity contribution in [3.8, 4) is 17.0 Å². The first-order valence-corrected chi connectivity index (χ1v) is 12.8. The van der Waals surface area contributed by atoms with Crippen molar-refractivity contribution in [2.75, 3.05) is 25.6 Å². The molecule has 1 aliphatic heterocycles. The van der Waals surface area contributed by atoms with Gasteiger partial charge in [0.15, 0.2) is 0 Å². The average molecular weight is 487 g/mol. The van der Waals surface area contributed by atoms with Gasteiger partial charge in [-0.3, -0.25) is 5.43 Å². The zero-order valence-electron chi connectivity index (χ0n) is 18.6. The first kappa shape index (κ1) is 23.4. The molecule has 0 radical (unpaired) electrons. The van der Waals surface area contributed by atoms with E-state index in [1.807, 2.05) is 49.6 Å². The number of morpholine rings is 1. The lowest BCUT2D eigenvalue weighted by atomic mass is 10.2. The zero-order chi connectivity index (χ0) is 23.4. The van der Waals surface area contributed by atoms with Crippen molar-refractivity contribution >= 4 is 32.7 Å². The molecule has 8 nitrogen and oxygen atoms in total. The topological polar surface area (TPSA) is 93.1 Å². The first-order valence-electron chi connectivity index (χ1n) is 10.5. The maximum absolute atomic E-state index is 13.2. The molecule has 0 bridgehead atoms. The summed E-state index contributed by atoms with van der Waals surface area (Å²) >= 11 is 1.40. The van der Waals surface area contributed by atoms with E-state index >= 15 is 0 Å². The third-order valence-corrected chi connectivity index (χ3v) is 7.72. The van der Waals surface area contributed by atoms with E-state index in [-0.39, 0.29) is 17.1 Å². The van der Waals surface area contributed by atoms with E-state index in [1.165, 1.54) is 15.6 Å². The summed E-state index contributed by atoms with van der Waals surface area (Å²) in [7, 11) is -2.00. The molecular weight excluding hydrogens is 460 g/mol. The molecule has 10 heteroatoms. The van der Waals surface area contributed by atoms with Gasteiger partial charge >= 0.3 is 0 Å². The molecule has 4 rings (SSSR count). The number of benzene rings is 2. The van der Waals surface area contributed by atoms with Crippen LogP contribution < -0.4 is 10.2 Å². The molecule has 1 saturated heterocycles.